The SMILES string of the molecule is C=CCCCC(=O)C1=CN(CC(C)C)CCC1(C)C. The molecule has 0 saturated carbocycles. The van der Waals surface area contributed by atoms with Crippen molar-refractivity contribution in [2.45, 2.75) is 53.4 Å². The van der Waals surface area contributed by atoms with E-state index >= 15 is 0 Å². The predicted molar refractivity (Wildman–Crippen MR) is 81.9 cm³/mol. The monoisotopic (exact) mass is 263 g/mol. The third-order valence-corrected chi connectivity index (χ3v) is 3.78. The normalized spacial score (nSPS) is 18.4. The van der Waals surface area contributed by atoms with Crippen LogP contribution in [-0.2, 0) is 4.79 Å². The average molecular weight is 263 g/mol. The first-order chi connectivity index (χ1) is 8.86. The van der Waals surface area contributed by atoms with E-state index in [1.807, 2.05) is 6.08 Å². The van der Waals surface area contributed by atoms with Gasteiger partial charge in [-0.25, -0.2) is 0 Å². The van der Waals surface area contributed by atoms with Gasteiger partial charge in [0.25, 0.3) is 0 Å². The summed E-state index contributed by atoms with van der Waals surface area (Å²) in [5.41, 5.74) is 1.04. The lowest BCUT2D eigenvalue weighted by Crippen LogP contribution is -2.36. The number of unbranched alkanes of at least 4 members (excludes halogenated alkanes) is 1. The number of Topliss-reactive ketones (excluding diaryl/α,β-unsaturated/α-hetero) is 1. The molecule has 0 bridgehead atoms. The molecule has 0 radical (unpaired) electrons. The molecule has 1 heterocycles. The van der Waals surface area contributed by atoms with Crippen molar-refractivity contribution in [3.63, 3.8) is 0 Å². The number of ketones is 1. The first-order valence-electron chi connectivity index (χ1n) is 7.47. The van der Waals surface area contributed by atoms with E-state index in [0.717, 1.165) is 37.9 Å². The molecule has 0 unspecified atom stereocenters. The van der Waals surface area contributed by atoms with Gasteiger partial charge in [-0.15, -0.1) is 6.58 Å². The van der Waals surface area contributed by atoms with Crippen LogP contribution in [0.5, 0.6) is 0 Å². The fourth-order valence-corrected chi connectivity index (χ4v) is 2.58. The molecule has 0 aromatic rings. The van der Waals surface area contributed by atoms with Crippen LogP contribution in [0.1, 0.15) is 53.4 Å². The third kappa shape index (κ3) is 4.85. The van der Waals surface area contributed by atoms with Gasteiger partial charge in [0.1, 0.15) is 0 Å². The molecule has 0 N–H and O–H groups in total. The summed E-state index contributed by atoms with van der Waals surface area (Å²) in [5, 5.41) is 0. The third-order valence-electron chi connectivity index (χ3n) is 3.78. The van der Waals surface area contributed by atoms with Gasteiger partial charge in [0.15, 0.2) is 5.78 Å². The molecular formula is C17H29NO. The fourth-order valence-electron chi connectivity index (χ4n) is 2.58. The van der Waals surface area contributed by atoms with Crippen molar-refractivity contribution in [2.24, 2.45) is 11.3 Å². The molecule has 108 valence electrons. The number of hydrogen-bond donors (Lipinski definition) is 0. The van der Waals surface area contributed by atoms with Gasteiger partial charge in [0.2, 0.25) is 0 Å². The average Bonchev–Trinajstić information content (AvgIpc) is 2.31. The number of rotatable bonds is 7. The molecule has 0 aromatic heterocycles. The summed E-state index contributed by atoms with van der Waals surface area (Å²) in [4.78, 5) is 14.7. The van der Waals surface area contributed by atoms with Gasteiger partial charge in [-0.1, -0.05) is 33.8 Å². The van der Waals surface area contributed by atoms with Crippen LogP contribution in [0.4, 0.5) is 0 Å². The lowest BCUT2D eigenvalue weighted by molar-refractivity contribution is -0.117. The molecule has 0 spiro atoms. The van der Waals surface area contributed by atoms with Gasteiger partial charge in [-0.05, 0) is 30.6 Å². The van der Waals surface area contributed by atoms with E-state index in [-0.39, 0.29) is 5.41 Å². The Hall–Kier alpha value is -1.05. The minimum absolute atomic E-state index is 0.0265. The Morgan fingerprint density at radius 1 is 1.53 bits per heavy atom. The summed E-state index contributed by atoms with van der Waals surface area (Å²) in [6.07, 6.45) is 7.57. The van der Waals surface area contributed by atoms with Crippen LogP contribution in [0, 0.1) is 11.3 Å². The highest BCUT2D eigenvalue weighted by molar-refractivity contribution is 5.96. The van der Waals surface area contributed by atoms with E-state index in [0.29, 0.717) is 18.1 Å². The highest BCUT2D eigenvalue weighted by Gasteiger charge is 2.32. The maximum absolute atomic E-state index is 12.4. The fraction of sp³-hybridized carbons (Fsp3) is 0.706. The highest BCUT2D eigenvalue weighted by Crippen LogP contribution is 2.36. The molecule has 0 saturated heterocycles. The minimum atomic E-state index is 0.0265. The first kappa shape index (κ1) is 16.0. The number of hydrogen-bond acceptors (Lipinski definition) is 2. The Kier molecular flexibility index (Phi) is 5.84. The molecule has 19 heavy (non-hydrogen) atoms. The molecule has 1 rings (SSSR count). The predicted octanol–water partition coefficient (Wildman–Crippen LogP) is 4.18. The zero-order valence-electron chi connectivity index (χ0n) is 13.0. The number of nitrogens with zero attached hydrogens (tertiary/aromatic N) is 1. The van der Waals surface area contributed by atoms with Crippen molar-refractivity contribution in [2.75, 3.05) is 13.1 Å². The molecule has 0 aromatic carbocycles. The molecule has 0 amide bonds. The maximum atomic E-state index is 12.4. The molecule has 0 aliphatic carbocycles. The van der Waals surface area contributed by atoms with Gasteiger partial charge in [0.05, 0.1) is 0 Å². The van der Waals surface area contributed by atoms with Gasteiger partial charge in [-0.2, -0.15) is 0 Å². The first-order valence-corrected chi connectivity index (χ1v) is 7.47. The molecule has 2 nitrogen and oxygen atoms in total. The largest absolute Gasteiger partial charge is 0.377 e. The Morgan fingerprint density at radius 3 is 2.79 bits per heavy atom. The molecule has 2 heteroatoms. The lowest BCUT2D eigenvalue weighted by atomic mass is 9.76. The summed E-state index contributed by atoms with van der Waals surface area (Å²) >= 11 is 0. The minimum Gasteiger partial charge on any atom is -0.377 e. The Bertz CT molecular complexity index is 352. The van der Waals surface area contributed by atoms with Crippen LogP contribution in [-0.4, -0.2) is 23.8 Å². The molecule has 0 atom stereocenters. The molecule has 0 fully saturated rings. The second-order valence-corrected chi connectivity index (χ2v) is 6.67. The lowest BCUT2D eigenvalue weighted by Gasteiger charge is -2.37. The van der Waals surface area contributed by atoms with E-state index < -0.39 is 0 Å². The molecular weight excluding hydrogens is 234 g/mol. The van der Waals surface area contributed by atoms with Crippen LogP contribution in [0.2, 0.25) is 0 Å². The van der Waals surface area contributed by atoms with Crippen LogP contribution in [0.3, 0.4) is 0 Å². The Balaban J connectivity index is 2.75. The summed E-state index contributed by atoms with van der Waals surface area (Å²) in [7, 11) is 0. The van der Waals surface area contributed by atoms with Crippen LogP contribution >= 0.6 is 0 Å². The summed E-state index contributed by atoms with van der Waals surface area (Å²) in [6, 6.07) is 0. The van der Waals surface area contributed by atoms with E-state index in [4.69, 9.17) is 0 Å². The van der Waals surface area contributed by atoms with Crippen molar-refractivity contribution >= 4 is 5.78 Å². The second kappa shape index (κ2) is 6.93. The maximum Gasteiger partial charge on any atom is 0.160 e. The van der Waals surface area contributed by atoms with Crippen molar-refractivity contribution < 1.29 is 4.79 Å². The Labute approximate surface area is 118 Å². The van der Waals surface area contributed by atoms with Gasteiger partial charge < -0.3 is 4.90 Å². The number of carbonyl (C=O) groups is 1. The summed E-state index contributed by atoms with van der Waals surface area (Å²) in [6.45, 7) is 14.6. The smallest absolute Gasteiger partial charge is 0.160 e. The number of carbonyl (C=O) groups excluding carboxylic acids is 1. The summed E-state index contributed by atoms with van der Waals surface area (Å²) < 4.78 is 0. The van der Waals surface area contributed by atoms with Crippen molar-refractivity contribution in [1.29, 1.82) is 0 Å². The van der Waals surface area contributed by atoms with Crippen LogP contribution < -0.4 is 0 Å². The van der Waals surface area contributed by atoms with E-state index in [1.54, 1.807) is 0 Å². The van der Waals surface area contributed by atoms with Crippen molar-refractivity contribution in [1.82, 2.24) is 4.90 Å². The van der Waals surface area contributed by atoms with Gasteiger partial charge in [0, 0.05) is 31.3 Å². The van der Waals surface area contributed by atoms with Crippen molar-refractivity contribution in [3.05, 3.63) is 24.4 Å². The molecule has 1 aliphatic heterocycles. The van der Waals surface area contributed by atoms with Gasteiger partial charge >= 0.3 is 0 Å². The zero-order valence-corrected chi connectivity index (χ0v) is 13.0. The van der Waals surface area contributed by atoms with Gasteiger partial charge in [-0.3, -0.25) is 4.79 Å². The number of allylic oxidation sites excluding steroid dienone is 2. The van der Waals surface area contributed by atoms with E-state index in [9.17, 15) is 4.79 Å². The van der Waals surface area contributed by atoms with Crippen LogP contribution in [0.25, 0.3) is 0 Å². The highest BCUT2D eigenvalue weighted by atomic mass is 16.1. The Morgan fingerprint density at radius 2 is 2.21 bits per heavy atom. The zero-order chi connectivity index (χ0) is 14.5. The second-order valence-electron chi connectivity index (χ2n) is 6.67. The van der Waals surface area contributed by atoms with Crippen LogP contribution in [0.15, 0.2) is 24.4 Å². The van der Waals surface area contributed by atoms with Crippen molar-refractivity contribution in [3.8, 4) is 0 Å². The molecule has 1 aliphatic rings. The standard InChI is InChI=1S/C17H29NO/c1-6-7-8-9-16(19)15-13-18(12-14(2)3)11-10-17(15,4)5/h6,13-14H,1,7-12H2,2-5H3. The topological polar surface area (TPSA) is 20.3 Å². The van der Waals surface area contributed by atoms with E-state index in [2.05, 4.69) is 45.4 Å². The van der Waals surface area contributed by atoms with E-state index in [1.165, 1.54) is 0 Å². The summed E-state index contributed by atoms with van der Waals surface area (Å²) in [5.74, 6) is 0.954. The quantitative estimate of drug-likeness (QED) is 0.507.